The fourth-order valence-electron chi connectivity index (χ4n) is 4.01. The van der Waals surface area contributed by atoms with Gasteiger partial charge in [0.1, 0.15) is 10.7 Å². The molecule has 0 saturated heterocycles. The van der Waals surface area contributed by atoms with E-state index < -0.39 is 0 Å². The van der Waals surface area contributed by atoms with Crippen molar-refractivity contribution in [3.63, 3.8) is 0 Å². The zero-order valence-corrected chi connectivity index (χ0v) is 22.0. The predicted molar refractivity (Wildman–Crippen MR) is 145 cm³/mol. The summed E-state index contributed by atoms with van der Waals surface area (Å²) in [5.41, 5.74) is 4.30. The van der Waals surface area contributed by atoms with Gasteiger partial charge in [-0.25, -0.2) is 4.98 Å². The van der Waals surface area contributed by atoms with Crippen molar-refractivity contribution < 1.29 is 14.3 Å². The molecule has 1 N–H and O–H groups in total. The smallest absolute Gasteiger partial charge is 0.271 e. The van der Waals surface area contributed by atoms with Crippen molar-refractivity contribution in [3.8, 4) is 28.6 Å². The monoisotopic (exact) mass is 542 g/mol. The first-order valence-corrected chi connectivity index (χ1v) is 13.7. The Labute approximate surface area is 226 Å². The third kappa shape index (κ3) is 4.98. The molecular weight excluding hydrogens is 520 g/mol. The first kappa shape index (κ1) is 24.1. The molecule has 0 spiro atoms. The summed E-state index contributed by atoms with van der Waals surface area (Å²) in [4.78, 5) is 21.5. The number of aromatic nitrogens is 5. The quantitative estimate of drug-likeness (QED) is 0.272. The number of fused-ring (bicyclic) bond motifs is 1. The highest BCUT2D eigenvalue weighted by molar-refractivity contribution is 7.98. The van der Waals surface area contributed by atoms with Crippen molar-refractivity contribution in [3.05, 3.63) is 94.2 Å². The molecule has 1 amide bonds. The molecule has 11 heteroatoms. The lowest BCUT2D eigenvalue weighted by Gasteiger charge is -2.12. The Morgan fingerprint density at radius 2 is 2.00 bits per heavy atom. The first-order valence-electron chi connectivity index (χ1n) is 11.8. The van der Waals surface area contributed by atoms with E-state index in [-0.39, 0.29) is 12.7 Å². The van der Waals surface area contributed by atoms with E-state index in [9.17, 15) is 4.79 Å². The van der Waals surface area contributed by atoms with Gasteiger partial charge in [0.05, 0.1) is 11.4 Å². The van der Waals surface area contributed by atoms with Crippen molar-refractivity contribution in [2.75, 3.05) is 6.79 Å². The second-order valence-corrected chi connectivity index (χ2v) is 10.3. The molecule has 6 rings (SSSR count). The highest BCUT2D eigenvalue weighted by Crippen LogP contribution is 2.33. The van der Waals surface area contributed by atoms with Gasteiger partial charge in [0.2, 0.25) is 6.79 Å². The molecule has 0 fully saturated rings. The Bertz CT molecular complexity index is 1600. The third-order valence-electron chi connectivity index (χ3n) is 5.91. The minimum atomic E-state index is -0.225. The summed E-state index contributed by atoms with van der Waals surface area (Å²) < 4.78 is 12.8. The minimum Gasteiger partial charge on any atom is -0.454 e. The van der Waals surface area contributed by atoms with Gasteiger partial charge in [0.15, 0.2) is 22.5 Å². The SMILES string of the molecule is Cc1ccccc1-n1c(SCc2nc(C(=O)NCc3ccc4c(c3)OCO4)cs2)nnc1-c1cccnc1. The van der Waals surface area contributed by atoms with E-state index >= 15 is 0 Å². The van der Waals surface area contributed by atoms with Crippen LogP contribution in [0.15, 0.2) is 77.5 Å². The maximum atomic E-state index is 12.7. The molecule has 0 saturated carbocycles. The molecule has 0 unspecified atom stereocenters. The van der Waals surface area contributed by atoms with Gasteiger partial charge in [-0.15, -0.1) is 21.5 Å². The predicted octanol–water partition coefficient (Wildman–Crippen LogP) is 5.05. The number of amides is 1. The summed E-state index contributed by atoms with van der Waals surface area (Å²) in [5, 5.41) is 15.2. The molecule has 5 aromatic rings. The molecule has 3 aromatic heterocycles. The van der Waals surface area contributed by atoms with Gasteiger partial charge >= 0.3 is 0 Å². The molecule has 0 atom stereocenters. The second kappa shape index (κ2) is 10.6. The van der Waals surface area contributed by atoms with Crippen LogP contribution in [0.4, 0.5) is 0 Å². The van der Waals surface area contributed by atoms with Crippen LogP contribution in [0, 0.1) is 6.92 Å². The van der Waals surface area contributed by atoms with Crippen LogP contribution in [0.2, 0.25) is 0 Å². The Balaban J connectivity index is 1.16. The van der Waals surface area contributed by atoms with Gasteiger partial charge in [-0.1, -0.05) is 36.0 Å². The lowest BCUT2D eigenvalue weighted by Crippen LogP contribution is -2.23. The number of ether oxygens (including phenoxy) is 2. The lowest BCUT2D eigenvalue weighted by molar-refractivity contribution is 0.0946. The maximum Gasteiger partial charge on any atom is 0.271 e. The Hall–Kier alpha value is -4.22. The highest BCUT2D eigenvalue weighted by Gasteiger charge is 2.19. The molecule has 1 aliphatic heterocycles. The number of nitrogens with one attached hydrogen (secondary N) is 1. The van der Waals surface area contributed by atoms with Crippen molar-refractivity contribution in [2.24, 2.45) is 0 Å². The van der Waals surface area contributed by atoms with Gasteiger partial charge in [0.25, 0.3) is 5.91 Å². The minimum absolute atomic E-state index is 0.219. The molecule has 1 aliphatic rings. The van der Waals surface area contributed by atoms with Crippen molar-refractivity contribution in [1.82, 2.24) is 30.0 Å². The second-order valence-electron chi connectivity index (χ2n) is 8.46. The van der Waals surface area contributed by atoms with E-state index in [0.29, 0.717) is 29.5 Å². The largest absolute Gasteiger partial charge is 0.454 e. The normalized spacial score (nSPS) is 12.0. The summed E-state index contributed by atoms with van der Waals surface area (Å²) >= 11 is 2.97. The number of rotatable bonds is 8. The van der Waals surface area contributed by atoms with E-state index in [0.717, 1.165) is 38.4 Å². The molecule has 2 aromatic carbocycles. The average molecular weight is 543 g/mol. The molecule has 38 heavy (non-hydrogen) atoms. The zero-order chi connectivity index (χ0) is 25.9. The molecule has 0 aliphatic carbocycles. The lowest BCUT2D eigenvalue weighted by atomic mass is 10.2. The van der Waals surface area contributed by atoms with Gasteiger partial charge < -0.3 is 14.8 Å². The van der Waals surface area contributed by atoms with Crippen LogP contribution in [0.1, 0.15) is 26.6 Å². The molecule has 0 radical (unpaired) electrons. The first-order chi connectivity index (χ1) is 18.7. The maximum absolute atomic E-state index is 12.7. The summed E-state index contributed by atoms with van der Waals surface area (Å²) in [5.74, 6) is 2.45. The van der Waals surface area contributed by atoms with Gasteiger partial charge in [-0.05, 0) is 48.4 Å². The van der Waals surface area contributed by atoms with Gasteiger partial charge in [-0.3, -0.25) is 14.3 Å². The molecule has 0 bridgehead atoms. The number of benzene rings is 2. The topological polar surface area (TPSA) is 104 Å². The van der Waals surface area contributed by atoms with Crippen LogP contribution in [0.5, 0.6) is 11.5 Å². The highest BCUT2D eigenvalue weighted by atomic mass is 32.2. The number of nitrogens with zero attached hydrogens (tertiary/aromatic N) is 5. The molecule has 4 heterocycles. The number of pyridine rings is 1. The van der Waals surface area contributed by atoms with Crippen LogP contribution in [-0.2, 0) is 12.3 Å². The van der Waals surface area contributed by atoms with E-state index in [1.54, 1.807) is 17.8 Å². The Kier molecular flexibility index (Phi) is 6.76. The number of thiazole rings is 1. The number of para-hydroxylation sites is 1. The van der Waals surface area contributed by atoms with Crippen LogP contribution >= 0.6 is 23.1 Å². The van der Waals surface area contributed by atoms with Crippen LogP contribution in [-0.4, -0.2) is 37.4 Å². The van der Waals surface area contributed by atoms with Crippen molar-refractivity contribution >= 4 is 29.0 Å². The van der Waals surface area contributed by atoms with E-state index in [4.69, 9.17) is 9.47 Å². The number of carbonyl (C=O) groups excluding carboxylic acids is 1. The van der Waals surface area contributed by atoms with Gasteiger partial charge in [-0.2, -0.15) is 0 Å². The Morgan fingerprint density at radius 3 is 2.87 bits per heavy atom. The molecule has 9 nitrogen and oxygen atoms in total. The van der Waals surface area contributed by atoms with Crippen molar-refractivity contribution in [1.29, 1.82) is 0 Å². The van der Waals surface area contributed by atoms with E-state index in [2.05, 4.69) is 44.5 Å². The fraction of sp³-hybridized carbons (Fsp3) is 0.148. The number of carbonyl (C=O) groups is 1. The zero-order valence-electron chi connectivity index (χ0n) is 20.3. The summed E-state index contributed by atoms with van der Waals surface area (Å²) in [7, 11) is 0. The number of aryl methyl sites for hydroxylation is 1. The standard InChI is InChI=1S/C27H22N6O3S2/c1-17-5-2-3-7-21(17)33-25(19-6-4-10-28-13-19)31-32-27(33)38-15-24-30-20(14-37-24)26(34)29-12-18-8-9-22-23(11-18)36-16-35-22/h2-11,13-14H,12,15-16H2,1H3,(H,29,34). The number of thioether (sulfide) groups is 1. The molecule has 190 valence electrons. The number of hydrogen-bond acceptors (Lipinski definition) is 9. The van der Waals surface area contributed by atoms with Gasteiger partial charge in [0, 0.05) is 29.9 Å². The third-order valence-corrected chi connectivity index (χ3v) is 7.88. The van der Waals surface area contributed by atoms with Crippen LogP contribution < -0.4 is 14.8 Å². The van der Waals surface area contributed by atoms with E-state index in [1.165, 1.54) is 23.1 Å². The fourth-order valence-corrected chi connectivity index (χ4v) is 5.75. The van der Waals surface area contributed by atoms with E-state index in [1.807, 2.05) is 47.0 Å². The summed E-state index contributed by atoms with van der Waals surface area (Å²) in [6.07, 6.45) is 3.52. The Morgan fingerprint density at radius 1 is 1.11 bits per heavy atom. The van der Waals surface area contributed by atoms with Crippen LogP contribution in [0.3, 0.4) is 0 Å². The van der Waals surface area contributed by atoms with Crippen LogP contribution in [0.25, 0.3) is 17.1 Å². The summed E-state index contributed by atoms with van der Waals surface area (Å²) in [6.45, 7) is 2.65. The number of hydrogen-bond donors (Lipinski definition) is 1. The van der Waals surface area contributed by atoms with Crippen molar-refractivity contribution in [2.45, 2.75) is 24.4 Å². The summed E-state index contributed by atoms with van der Waals surface area (Å²) in [6, 6.07) is 17.6. The molecular formula is C27H22N6O3S2. The average Bonchev–Trinajstić information content (AvgIpc) is 3.71.